The first kappa shape index (κ1) is 18.5. The summed E-state index contributed by atoms with van der Waals surface area (Å²) in [4.78, 5) is 11.3. The Kier molecular flexibility index (Phi) is 6.70. The fraction of sp³-hybridized carbons (Fsp3) is 0.435. The third-order valence-electron chi connectivity index (χ3n) is 5.15. The maximum absolute atomic E-state index is 11.3. The van der Waals surface area contributed by atoms with Gasteiger partial charge in [0.15, 0.2) is 0 Å². The zero-order chi connectivity index (χ0) is 18.2. The fourth-order valence-electron chi connectivity index (χ4n) is 3.63. The molecule has 0 saturated heterocycles. The molecule has 1 aliphatic rings. The molecule has 0 bridgehead atoms. The molecule has 138 valence electrons. The van der Waals surface area contributed by atoms with E-state index in [9.17, 15) is 4.79 Å². The molecular formula is C23H28O3. The number of hydrogen-bond acceptors (Lipinski definition) is 3. The molecule has 1 saturated carbocycles. The molecule has 0 aliphatic heterocycles. The van der Waals surface area contributed by atoms with Gasteiger partial charge in [-0.05, 0) is 54.9 Å². The predicted molar refractivity (Wildman–Crippen MR) is 104 cm³/mol. The van der Waals surface area contributed by atoms with Gasteiger partial charge < -0.3 is 9.47 Å². The summed E-state index contributed by atoms with van der Waals surface area (Å²) in [6.07, 6.45) is 7.34. The van der Waals surface area contributed by atoms with Crippen molar-refractivity contribution in [2.75, 3.05) is 13.7 Å². The van der Waals surface area contributed by atoms with Crippen LogP contribution in [0.5, 0.6) is 5.75 Å². The van der Waals surface area contributed by atoms with Crippen LogP contribution in [0.1, 0.15) is 44.1 Å². The Bertz CT molecular complexity index is 703. The van der Waals surface area contributed by atoms with Crippen molar-refractivity contribution in [2.24, 2.45) is 5.92 Å². The van der Waals surface area contributed by atoms with Crippen molar-refractivity contribution in [1.29, 1.82) is 0 Å². The lowest BCUT2D eigenvalue weighted by Gasteiger charge is -2.16. The normalized spacial score (nSPS) is 14.3. The summed E-state index contributed by atoms with van der Waals surface area (Å²) in [5, 5.41) is 0. The largest absolute Gasteiger partial charge is 0.493 e. The Morgan fingerprint density at radius 3 is 2.58 bits per heavy atom. The molecule has 0 spiro atoms. The van der Waals surface area contributed by atoms with Gasteiger partial charge in [-0.15, -0.1) is 0 Å². The summed E-state index contributed by atoms with van der Waals surface area (Å²) in [5.74, 6) is 1.50. The van der Waals surface area contributed by atoms with Crippen LogP contribution >= 0.6 is 0 Å². The van der Waals surface area contributed by atoms with Gasteiger partial charge in [0.05, 0.1) is 13.7 Å². The summed E-state index contributed by atoms with van der Waals surface area (Å²) in [5.41, 5.74) is 3.53. The van der Waals surface area contributed by atoms with E-state index in [0.717, 1.165) is 30.8 Å². The van der Waals surface area contributed by atoms with E-state index in [2.05, 4.69) is 42.5 Å². The summed E-state index contributed by atoms with van der Waals surface area (Å²) >= 11 is 0. The van der Waals surface area contributed by atoms with Crippen LogP contribution in [0.15, 0.2) is 48.5 Å². The molecule has 3 heteroatoms. The minimum absolute atomic E-state index is 0.148. The van der Waals surface area contributed by atoms with E-state index < -0.39 is 0 Å². The van der Waals surface area contributed by atoms with Gasteiger partial charge in [-0.1, -0.05) is 49.2 Å². The van der Waals surface area contributed by atoms with Gasteiger partial charge in [0.2, 0.25) is 0 Å². The second-order valence-corrected chi connectivity index (χ2v) is 7.09. The highest BCUT2D eigenvalue weighted by atomic mass is 16.5. The molecule has 0 aromatic heterocycles. The number of methoxy groups -OCH3 is 1. The third kappa shape index (κ3) is 5.10. The number of carbonyl (C=O) groups is 1. The highest BCUT2D eigenvalue weighted by Gasteiger charge is 2.17. The van der Waals surface area contributed by atoms with Gasteiger partial charge >= 0.3 is 5.97 Å². The summed E-state index contributed by atoms with van der Waals surface area (Å²) in [7, 11) is 1.44. The van der Waals surface area contributed by atoms with Gasteiger partial charge in [-0.25, -0.2) is 0 Å². The van der Waals surface area contributed by atoms with Gasteiger partial charge in [0, 0.05) is 12.0 Å². The molecule has 3 nitrogen and oxygen atoms in total. The number of rotatable bonds is 8. The first-order valence-corrected chi connectivity index (χ1v) is 9.64. The van der Waals surface area contributed by atoms with Crippen LogP contribution in [0.25, 0.3) is 11.1 Å². The molecule has 1 aliphatic carbocycles. The van der Waals surface area contributed by atoms with Crippen LogP contribution in [0.4, 0.5) is 0 Å². The highest BCUT2D eigenvalue weighted by molar-refractivity contribution is 5.71. The van der Waals surface area contributed by atoms with E-state index in [4.69, 9.17) is 9.47 Å². The topological polar surface area (TPSA) is 35.5 Å². The SMILES string of the molecule is COC(=O)CCCc1ccc(OCC2CCCC2)c(-c2ccccc2)c1. The molecule has 0 unspecified atom stereocenters. The van der Waals surface area contributed by atoms with Gasteiger partial charge in [-0.2, -0.15) is 0 Å². The molecule has 0 radical (unpaired) electrons. The van der Waals surface area contributed by atoms with E-state index in [1.807, 2.05) is 6.07 Å². The number of hydrogen-bond donors (Lipinski definition) is 0. The smallest absolute Gasteiger partial charge is 0.305 e. The maximum atomic E-state index is 11.3. The second kappa shape index (κ2) is 9.42. The minimum atomic E-state index is -0.148. The first-order chi connectivity index (χ1) is 12.8. The molecule has 0 heterocycles. The van der Waals surface area contributed by atoms with Crippen LogP contribution in [-0.4, -0.2) is 19.7 Å². The van der Waals surface area contributed by atoms with Crippen LogP contribution < -0.4 is 4.74 Å². The standard InChI is InChI=1S/C23H28O3/c1-25-23(24)13-7-10-18-14-15-22(26-17-19-8-5-6-9-19)21(16-18)20-11-3-2-4-12-20/h2-4,11-12,14-16,19H,5-10,13,17H2,1H3. The molecule has 0 N–H and O–H groups in total. The lowest BCUT2D eigenvalue weighted by atomic mass is 9.99. The number of carbonyl (C=O) groups excluding carboxylic acids is 1. The van der Waals surface area contributed by atoms with E-state index >= 15 is 0 Å². The Morgan fingerprint density at radius 1 is 1.08 bits per heavy atom. The van der Waals surface area contributed by atoms with Crippen LogP contribution in [0, 0.1) is 5.92 Å². The number of esters is 1. The summed E-state index contributed by atoms with van der Waals surface area (Å²) in [6.45, 7) is 0.807. The molecule has 26 heavy (non-hydrogen) atoms. The van der Waals surface area contributed by atoms with Gasteiger partial charge in [0.1, 0.15) is 5.75 Å². The third-order valence-corrected chi connectivity index (χ3v) is 5.15. The summed E-state index contributed by atoms with van der Waals surface area (Å²) < 4.78 is 10.9. The van der Waals surface area contributed by atoms with Crippen molar-refractivity contribution in [3.8, 4) is 16.9 Å². The van der Waals surface area contributed by atoms with E-state index in [0.29, 0.717) is 12.3 Å². The second-order valence-electron chi connectivity index (χ2n) is 7.09. The number of benzene rings is 2. The summed E-state index contributed by atoms with van der Waals surface area (Å²) in [6, 6.07) is 16.8. The van der Waals surface area contributed by atoms with Crippen molar-refractivity contribution in [3.05, 3.63) is 54.1 Å². The Morgan fingerprint density at radius 2 is 1.85 bits per heavy atom. The fourth-order valence-corrected chi connectivity index (χ4v) is 3.63. The van der Waals surface area contributed by atoms with Crippen LogP contribution in [-0.2, 0) is 16.0 Å². The molecule has 3 rings (SSSR count). The van der Waals surface area contributed by atoms with Crippen molar-refractivity contribution < 1.29 is 14.3 Å². The Balaban J connectivity index is 1.73. The minimum Gasteiger partial charge on any atom is -0.493 e. The van der Waals surface area contributed by atoms with Crippen LogP contribution in [0.3, 0.4) is 0 Å². The van der Waals surface area contributed by atoms with Crippen molar-refractivity contribution in [2.45, 2.75) is 44.9 Å². The monoisotopic (exact) mass is 352 g/mol. The predicted octanol–water partition coefficient (Wildman–Crippen LogP) is 5.42. The zero-order valence-corrected chi connectivity index (χ0v) is 15.6. The molecule has 2 aromatic carbocycles. The molecule has 1 fully saturated rings. The van der Waals surface area contributed by atoms with Crippen LogP contribution in [0.2, 0.25) is 0 Å². The Hall–Kier alpha value is -2.29. The van der Waals surface area contributed by atoms with Crippen molar-refractivity contribution >= 4 is 5.97 Å². The molecule has 0 atom stereocenters. The van der Waals surface area contributed by atoms with E-state index in [1.54, 1.807) is 0 Å². The number of ether oxygens (including phenoxy) is 2. The lowest BCUT2D eigenvalue weighted by Crippen LogP contribution is -2.08. The average Bonchev–Trinajstić information content (AvgIpc) is 3.21. The first-order valence-electron chi connectivity index (χ1n) is 9.64. The average molecular weight is 352 g/mol. The van der Waals surface area contributed by atoms with Crippen molar-refractivity contribution in [1.82, 2.24) is 0 Å². The quantitative estimate of drug-likeness (QED) is 0.595. The van der Waals surface area contributed by atoms with Gasteiger partial charge in [0.25, 0.3) is 0 Å². The lowest BCUT2D eigenvalue weighted by molar-refractivity contribution is -0.140. The van der Waals surface area contributed by atoms with Gasteiger partial charge in [-0.3, -0.25) is 4.79 Å². The van der Waals surface area contributed by atoms with Crippen molar-refractivity contribution in [3.63, 3.8) is 0 Å². The Labute approximate surface area is 156 Å². The highest BCUT2D eigenvalue weighted by Crippen LogP contribution is 2.33. The van der Waals surface area contributed by atoms with E-state index in [1.165, 1.54) is 43.9 Å². The van der Waals surface area contributed by atoms with E-state index in [-0.39, 0.29) is 5.97 Å². The molecule has 2 aromatic rings. The molecular weight excluding hydrogens is 324 g/mol. The number of aryl methyl sites for hydroxylation is 1. The molecule has 0 amide bonds. The maximum Gasteiger partial charge on any atom is 0.305 e. The zero-order valence-electron chi connectivity index (χ0n) is 15.6.